The predicted octanol–water partition coefficient (Wildman–Crippen LogP) is 3.13. The molecule has 0 saturated heterocycles. The first-order valence-corrected chi connectivity index (χ1v) is 6.59. The Hall–Kier alpha value is -0.0800. The Bertz CT molecular complexity index is 147. The highest BCUT2D eigenvalue weighted by Gasteiger charge is 2.28. The molecule has 1 aliphatic rings. The van der Waals surface area contributed by atoms with E-state index in [0.29, 0.717) is 12.5 Å². The molecule has 1 N–H and O–H groups in total. The largest absolute Gasteiger partial charge is 0.390 e. The van der Waals surface area contributed by atoms with Crippen LogP contribution in [-0.4, -0.2) is 23.9 Å². The Morgan fingerprint density at radius 1 is 1.20 bits per heavy atom. The van der Waals surface area contributed by atoms with E-state index in [9.17, 15) is 5.11 Å². The van der Waals surface area contributed by atoms with Crippen molar-refractivity contribution in [3.63, 3.8) is 0 Å². The second-order valence-electron chi connectivity index (χ2n) is 4.67. The molecule has 0 amide bonds. The molecule has 2 nitrogen and oxygen atoms in total. The minimum Gasteiger partial charge on any atom is -0.390 e. The lowest BCUT2D eigenvalue weighted by atomic mass is 9.82. The van der Waals surface area contributed by atoms with Gasteiger partial charge in [0.15, 0.2) is 0 Å². The molecule has 1 rings (SSSR count). The van der Waals surface area contributed by atoms with Gasteiger partial charge in [0, 0.05) is 6.61 Å². The zero-order chi connectivity index (χ0) is 11.1. The van der Waals surface area contributed by atoms with Crippen molar-refractivity contribution in [3.8, 4) is 0 Å². The maximum absolute atomic E-state index is 10.3. The van der Waals surface area contributed by atoms with Crippen molar-refractivity contribution in [2.24, 2.45) is 5.92 Å². The van der Waals surface area contributed by atoms with Crippen molar-refractivity contribution in [2.75, 3.05) is 6.61 Å². The fourth-order valence-corrected chi connectivity index (χ4v) is 2.63. The minimum absolute atomic E-state index is 0.0723. The van der Waals surface area contributed by atoms with Crippen LogP contribution in [0.1, 0.15) is 58.8 Å². The van der Waals surface area contributed by atoms with E-state index in [2.05, 4.69) is 6.92 Å². The van der Waals surface area contributed by atoms with Gasteiger partial charge >= 0.3 is 0 Å². The summed E-state index contributed by atoms with van der Waals surface area (Å²) in [5.41, 5.74) is 0. The summed E-state index contributed by atoms with van der Waals surface area (Å²) < 4.78 is 5.65. The van der Waals surface area contributed by atoms with E-state index in [1.165, 1.54) is 32.1 Å². The van der Waals surface area contributed by atoms with E-state index in [1.807, 2.05) is 6.92 Å². The molecule has 0 aromatic carbocycles. The van der Waals surface area contributed by atoms with Gasteiger partial charge in [0.05, 0.1) is 12.2 Å². The molecule has 1 fully saturated rings. The van der Waals surface area contributed by atoms with Crippen LogP contribution in [0.5, 0.6) is 0 Å². The van der Waals surface area contributed by atoms with Crippen LogP contribution < -0.4 is 0 Å². The average Bonchev–Trinajstić information content (AvgIpc) is 2.29. The SMILES string of the molecule is CCCC(OCC)C(O)C1CCCCC1. The van der Waals surface area contributed by atoms with Crippen molar-refractivity contribution >= 4 is 0 Å². The van der Waals surface area contributed by atoms with Gasteiger partial charge < -0.3 is 9.84 Å². The van der Waals surface area contributed by atoms with Gasteiger partial charge in [-0.05, 0) is 32.1 Å². The second-order valence-corrected chi connectivity index (χ2v) is 4.67. The third kappa shape index (κ3) is 4.12. The Balaban J connectivity index is 2.41. The summed E-state index contributed by atoms with van der Waals surface area (Å²) in [4.78, 5) is 0. The quantitative estimate of drug-likeness (QED) is 0.736. The smallest absolute Gasteiger partial charge is 0.0836 e. The number of hydrogen-bond donors (Lipinski definition) is 1. The van der Waals surface area contributed by atoms with Gasteiger partial charge in [0.2, 0.25) is 0 Å². The van der Waals surface area contributed by atoms with Crippen LogP contribution in [-0.2, 0) is 4.74 Å². The minimum atomic E-state index is -0.231. The zero-order valence-electron chi connectivity index (χ0n) is 10.2. The summed E-state index contributed by atoms with van der Waals surface area (Å²) in [5, 5.41) is 10.3. The normalized spacial score (nSPS) is 22.6. The molecular formula is C13H26O2. The molecule has 2 unspecified atom stereocenters. The summed E-state index contributed by atoms with van der Waals surface area (Å²) in [5.74, 6) is 0.488. The summed E-state index contributed by atoms with van der Waals surface area (Å²) in [7, 11) is 0. The summed E-state index contributed by atoms with van der Waals surface area (Å²) in [6.45, 7) is 4.88. The van der Waals surface area contributed by atoms with Crippen LogP contribution in [0.25, 0.3) is 0 Å². The van der Waals surface area contributed by atoms with Crippen LogP contribution in [0, 0.1) is 5.92 Å². The zero-order valence-corrected chi connectivity index (χ0v) is 10.2. The first kappa shape index (κ1) is 13.0. The monoisotopic (exact) mass is 214 g/mol. The fraction of sp³-hybridized carbons (Fsp3) is 1.00. The lowest BCUT2D eigenvalue weighted by Gasteiger charge is -2.32. The van der Waals surface area contributed by atoms with Gasteiger partial charge in [-0.25, -0.2) is 0 Å². The number of ether oxygens (including phenoxy) is 1. The van der Waals surface area contributed by atoms with Crippen molar-refractivity contribution < 1.29 is 9.84 Å². The molecule has 0 aliphatic heterocycles. The molecule has 0 bridgehead atoms. The van der Waals surface area contributed by atoms with Gasteiger partial charge in [-0.3, -0.25) is 0 Å². The number of aliphatic hydroxyl groups is 1. The molecule has 1 aliphatic carbocycles. The van der Waals surface area contributed by atoms with Gasteiger partial charge in [-0.15, -0.1) is 0 Å². The fourth-order valence-electron chi connectivity index (χ4n) is 2.63. The number of hydrogen-bond acceptors (Lipinski definition) is 2. The summed E-state index contributed by atoms with van der Waals surface area (Å²) in [6.07, 6.45) is 8.21. The second kappa shape index (κ2) is 7.24. The van der Waals surface area contributed by atoms with E-state index in [0.717, 1.165) is 12.8 Å². The van der Waals surface area contributed by atoms with E-state index in [-0.39, 0.29) is 12.2 Å². The highest BCUT2D eigenvalue weighted by molar-refractivity contribution is 4.79. The van der Waals surface area contributed by atoms with Crippen LogP contribution in [0.15, 0.2) is 0 Å². The van der Waals surface area contributed by atoms with E-state index in [1.54, 1.807) is 0 Å². The Labute approximate surface area is 94.0 Å². The first-order valence-electron chi connectivity index (χ1n) is 6.59. The van der Waals surface area contributed by atoms with Crippen molar-refractivity contribution in [2.45, 2.75) is 71.0 Å². The lowest BCUT2D eigenvalue weighted by molar-refractivity contribution is -0.0684. The third-order valence-corrected chi connectivity index (χ3v) is 3.47. The Kier molecular flexibility index (Phi) is 6.26. The van der Waals surface area contributed by atoms with Crippen LogP contribution >= 0.6 is 0 Å². The van der Waals surface area contributed by atoms with Gasteiger partial charge in [-0.1, -0.05) is 32.6 Å². The van der Waals surface area contributed by atoms with Crippen LogP contribution in [0.4, 0.5) is 0 Å². The van der Waals surface area contributed by atoms with E-state index in [4.69, 9.17) is 4.74 Å². The Morgan fingerprint density at radius 3 is 2.40 bits per heavy atom. The molecule has 0 aromatic heterocycles. The van der Waals surface area contributed by atoms with Gasteiger partial charge in [0.25, 0.3) is 0 Å². The van der Waals surface area contributed by atoms with Gasteiger partial charge in [-0.2, -0.15) is 0 Å². The maximum Gasteiger partial charge on any atom is 0.0836 e. The molecule has 0 heterocycles. The van der Waals surface area contributed by atoms with E-state index < -0.39 is 0 Å². The molecule has 0 spiro atoms. The van der Waals surface area contributed by atoms with Crippen molar-refractivity contribution in [1.29, 1.82) is 0 Å². The van der Waals surface area contributed by atoms with Crippen molar-refractivity contribution in [3.05, 3.63) is 0 Å². The first-order chi connectivity index (χ1) is 7.29. The highest BCUT2D eigenvalue weighted by Crippen LogP contribution is 2.29. The topological polar surface area (TPSA) is 29.5 Å². The molecule has 0 aromatic rings. The number of aliphatic hydroxyl groups excluding tert-OH is 1. The van der Waals surface area contributed by atoms with Crippen molar-refractivity contribution in [1.82, 2.24) is 0 Å². The maximum atomic E-state index is 10.3. The van der Waals surface area contributed by atoms with Gasteiger partial charge in [0.1, 0.15) is 0 Å². The molecule has 2 atom stereocenters. The molecule has 15 heavy (non-hydrogen) atoms. The molecule has 90 valence electrons. The molecule has 1 saturated carbocycles. The Morgan fingerprint density at radius 2 is 1.87 bits per heavy atom. The average molecular weight is 214 g/mol. The predicted molar refractivity (Wildman–Crippen MR) is 62.9 cm³/mol. The summed E-state index contributed by atoms with van der Waals surface area (Å²) in [6, 6.07) is 0. The molecule has 2 heteroatoms. The van der Waals surface area contributed by atoms with Crippen LogP contribution in [0.2, 0.25) is 0 Å². The third-order valence-electron chi connectivity index (χ3n) is 3.47. The standard InChI is InChI=1S/C13H26O2/c1-3-8-12(15-4-2)13(14)11-9-6-5-7-10-11/h11-14H,3-10H2,1-2H3. The molecule has 0 radical (unpaired) electrons. The lowest BCUT2D eigenvalue weighted by Crippen LogP contribution is -2.36. The molecular weight excluding hydrogens is 188 g/mol. The van der Waals surface area contributed by atoms with Crippen LogP contribution in [0.3, 0.4) is 0 Å². The van der Waals surface area contributed by atoms with E-state index >= 15 is 0 Å². The highest BCUT2D eigenvalue weighted by atomic mass is 16.5. The number of rotatable bonds is 6. The summed E-state index contributed by atoms with van der Waals surface area (Å²) >= 11 is 0.